The molecule has 0 aliphatic heterocycles. The van der Waals surface area contributed by atoms with Gasteiger partial charge >= 0.3 is 0 Å². The van der Waals surface area contributed by atoms with E-state index in [2.05, 4.69) is 10.1 Å². The van der Waals surface area contributed by atoms with Crippen LogP contribution in [-0.4, -0.2) is 20.7 Å². The average molecular weight is 226 g/mol. The van der Waals surface area contributed by atoms with E-state index in [9.17, 15) is 4.79 Å². The zero-order chi connectivity index (χ0) is 11.8. The summed E-state index contributed by atoms with van der Waals surface area (Å²) in [5.41, 5.74) is 6.72. The van der Waals surface area contributed by atoms with Gasteiger partial charge in [0.1, 0.15) is 6.54 Å². The van der Waals surface area contributed by atoms with Crippen LogP contribution < -0.4 is 5.73 Å². The molecule has 84 valence electrons. The molecule has 0 saturated carbocycles. The predicted molar refractivity (Wildman–Crippen MR) is 64.2 cm³/mol. The Morgan fingerprint density at radius 2 is 2.12 bits per heavy atom. The summed E-state index contributed by atoms with van der Waals surface area (Å²) in [6, 6.07) is 9.81. The van der Waals surface area contributed by atoms with E-state index in [1.165, 1.54) is 4.68 Å². The molecule has 0 bridgehead atoms. The van der Waals surface area contributed by atoms with Gasteiger partial charge in [-0.15, -0.1) is 0 Å². The van der Waals surface area contributed by atoms with Crippen LogP contribution in [0, 0.1) is 0 Å². The number of nitrogens with zero attached hydrogens (tertiary/aromatic N) is 3. The Labute approximate surface area is 96.9 Å². The molecular weight excluding hydrogens is 216 g/mol. The Balaban J connectivity index is 2.27. The Morgan fingerprint density at radius 3 is 2.94 bits per heavy atom. The van der Waals surface area contributed by atoms with Gasteiger partial charge in [0.25, 0.3) is 0 Å². The van der Waals surface area contributed by atoms with Crippen LogP contribution in [0.1, 0.15) is 0 Å². The molecule has 1 aromatic carbocycles. The van der Waals surface area contributed by atoms with Crippen molar-refractivity contribution in [2.75, 3.05) is 0 Å². The fraction of sp³-hybridized carbons (Fsp3) is 0.0833. The highest BCUT2D eigenvalue weighted by atomic mass is 16.1. The Bertz CT molecular complexity index is 717. The minimum absolute atomic E-state index is 0.0504. The first kappa shape index (κ1) is 9.77. The van der Waals surface area contributed by atoms with Crippen LogP contribution in [0.2, 0.25) is 0 Å². The third-order valence-electron chi connectivity index (χ3n) is 2.62. The molecule has 3 aromatic rings. The lowest BCUT2D eigenvalue weighted by Gasteiger charge is -2.00. The number of carbonyl (C=O) groups is 1. The summed E-state index contributed by atoms with van der Waals surface area (Å²) in [6.45, 7) is 0.0504. The van der Waals surface area contributed by atoms with Crippen LogP contribution in [0.3, 0.4) is 0 Å². The number of hydrogen-bond acceptors (Lipinski definition) is 3. The quantitative estimate of drug-likeness (QED) is 0.710. The van der Waals surface area contributed by atoms with Gasteiger partial charge in [0.2, 0.25) is 5.91 Å². The molecule has 0 radical (unpaired) electrons. The summed E-state index contributed by atoms with van der Waals surface area (Å²) in [5, 5.41) is 6.07. The van der Waals surface area contributed by atoms with Gasteiger partial charge in [-0.25, -0.2) is 9.67 Å². The van der Waals surface area contributed by atoms with Crippen LogP contribution in [0.25, 0.3) is 21.9 Å². The number of amides is 1. The topological polar surface area (TPSA) is 73.8 Å². The molecule has 5 heteroatoms. The zero-order valence-corrected chi connectivity index (χ0v) is 9.00. The van der Waals surface area contributed by atoms with E-state index in [0.29, 0.717) is 5.65 Å². The van der Waals surface area contributed by atoms with Gasteiger partial charge in [0.15, 0.2) is 5.65 Å². The van der Waals surface area contributed by atoms with Crippen LogP contribution in [-0.2, 0) is 11.3 Å². The van der Waals surface area contributed by atoms with Crippen LogP contribution >= 0.6 is 0 Å². The molecule has 2 heterocycles. The lowest BCUT2D eigenvalue weighted by Crippen LogP contribution is -2.19. The number of rotatable bonds is 2. The summed E-state index contributed by atoms with van der Waals surface area (Å²) in [4.78, 5) is 15.4. The van der Waals surface area contributed by atoms with Gasteiger partial charge in [0, 0.05) is 10.8 Å². The summed E-state index contributed by atoms with van der Waals surface area (Å²) in [5.74, 6) is -0.426. The molecule has 0 atom stereocenters. The van der Waals surface area contributed by atoms with Gasteiger partial charge in [-0.2, -0.15) is 5.10 Å². The van der Waals surface area contributed by atoms with Crippen molar-refractivity contribution in [3.63, 3.8) is 0 Å². The molecule has 0 saturated heterocycles. The maximum atomic E-state index is 10.9. The molecule has 2 aromatic heterocycles. The van der Waals surface area contributed by atoms with Crippen molar-refractivity contribution in [1.82, 2.24) is 14.8 Å². The SMILES string of the molecule is NC(=O)Cn1ncc2cc3ccccc3nc21. The third-order valence-corrected chi connectivity index (χ3v) is 2.62. The normalized spacial score (nSPS) is 11.1. The number of primary amides is 1. The minimum Gasteiger partial charge on any atom is -0.368 e. The summed E-state index contributed by atoms with van der Waals surface area (Å²) < 4.78 is 1.52. The molecule has 5 nitrogen and oxygen atoms in total. The summed E-state index contributed by atoms with van der Waals surface area (Å²) >= 11 is 0. The lowest BCUT2D eigenvalue weighted by molar-refractivity contribution is -0.118. The lowest BCUT2D eigenvalue weighted by atomic mass is 10.2. The van der Waals surface area contributed by atoms with Crippen LogP contribution in [0.15, 0.2) is 36.5 Å². The first-order valence-electron chi connectivity index (χ1n) is 5.23. The maximum Gasteiger partial charge on any atom is 0.239 e. The second-order valence-corrected chi connectivity index (χ2v) is 3.86. The molecule has 0 spiro atoms. The first-order valence-corrected chi connectivity index (χ1v) is 5.23. The van der Waals surface area contributed by atoms with E-state index >= 15 is 0 Å². The predicted octanol–water partition coefficient (Wildman–Crippen LogP) is 1.07. The second kappa shape index (κ2) is 3.55. The molecule has 0 aliphatic carbocycles. The summed E-state index contributed by atoms with van der Waals surface area (Å²) in [6.07, 6.45) is 1.69. The molecule has 0 aliphatic rings. The van der Waals surface area contributed by atoms with Gasteiger partial charge in [-0.3, -0.25) is 4.79 Å². The number of fused-ring (bicyclic) bond motifs is 2. The number of pyridine rings is 1. The van der Waals surface area contributed by atoms with E-state index in [1.54, 1.807) is 6.20 Å². The Morgan fingerprint density at radius 1 is 1.29 bits per heavy atom. The zero-order valence-electron chi connectivity index (χ0n) is 9.00. The van der Waals surface area contributed by atoms with E-state index < -0.39 is 5.91 Å². The van der Waals surface area contributed by atoms with Gasteiger partial charge < -0.3 is 5.73 Å². The number of benzene rings is 1. The molecule has 1 amide bonds. The number of carbonyl (C=O) groups excluding carboxylic acids is 1. The van der Waals surface area contributed by atoms with Crippen molar-refractivity contribution in [1.29, 1.82) is 0 Å². The van der Waals surface area contributed by atoms with E-state index in [1.807, 2.05) is 30.3 Å². The van der Waals surface area contributed by atoms with E-state index in [-0.39, 0.29) is 6.54 Å². The molecule has 2 N–H and O–H groups in total. The smallest absolute Gasteiger partial charge is 0.239 e. The van der Waals surface area contributed by atoms with Crippen LogP contribution in [0.5, 0.6) is 0 Å². The van der Waals surface area contributed by atoms with Crippen LogP contribution in [0.4, 0.5) is 0 Å². The van der Waals surface area contributed by atoms with Gasteiger partial charge in [-0.05, 0) is 12.1 Å². The van der Waals surface area contributed by atoms with E-state index in [0.717, 1.165) is 16.3 Å². The number of hydrogen-bond donors (Lipinski definition) is 1. The largest absolute Gasteiger partial charge is 0.368 e. The Kier molecular flexibility index (Phi) is 2.04. The third kappa shape index (κ3) is 1.61. The van der Waals surface area contributed by atoms with Gasteiger partial charge in [0.05, 0.1) is 11.7 Å². The van der Waals surface area contributed by atoms with Crippen molar-refractivity contribution in [3.8, 4) is 0 Å². The molecule has 0 fully saturated rings. The van der Waals surface area contributed by atoms with Gasteiger partial charge in [-0.1, -0.05) is 18.2 Å². The van der Waals surface area contributed by atoms with E-state index in [4.69, 9.17) is 5.73 Å². The highest BCUT2D eigenvalue weighted by molar-refractivity contribution is 5.91. The van der Waals surface area contributed by atoms with Crippen molar-refractivity contribution in [2.24, 2.45) is 5.73 Å². The monoisotopic (exact) mass is 226 g/mol. The van der Waals surface area contributed by atoms with Crippen molar-refractivity contribution in [2.45, 2.75) is 6.54 Å². The van der Waals surface area contributed by atoms with Crippen molar-refractivity contribution >= 4 is 27.8 Å². The van der Waals surface area contributed by atoms with Crippen molar-refractivity contribution in [3.05, 3.63) is 36.5 Å². The number of aromatic nitrogens is 3. The molecular formula is C12H10N4O. The first-order chi connectivity index (χ1) is 8.24. The highest BCUT2D eigenvalue weighted by Crippen LogP contribution is 2.18. The molecule has 0 unspecified atom stereocenters. The fourth-order valence-electron chi connectivity index (χ4n) is 1.87. The number of nitrogens with two attached hydrogens (primary N) is 1. The number of para-hydroxylation sites is 1. The average Bonchev–Trinajstić information content (AvgIpc) is 2.68. The minimum atomic E-state index is -0.426. The Hall–Kier alpha value is -2.43. The molecule has 17 heavy (non-hydrogen) atoms. The highest BCUT2D eigenvalue weighted by Gasteiger charge is 2.07. The summed E-state index contributed by atoms with van der Waals surface area (Å²) in [7, 11) is 0. The van der Waals surface area contributed by atoms with Crippen molar-refractivity contribution < 1.29 is 4.79 Å². The molecule has 3 rings (SSSR count). The maximum absolute atomic E-state index is 10.9. The second-order valence-electron chi connectivity index (χ2n) is 3.86. The standard InChI is InChI=1S/C12H10N4O/c13-11(17)7-16-12-9(6-14-16)5-8-3-1-2-4-10(8)15-12/h1-6H,7H2,(H2,13,17). The fourth-order valence-corrected chi connectivity index (χ4v) is 1.87.